The van der Waals surface area contributed by atoms with E-state index < -0.39 is 10.1 Å². The second-order valence-electron chi connectivity index (χ2n) is 6.29. The average molecular weight is 402 g/mol. The minimum Gasteiger partial charge on any atom is -0.292 e. The van der Waals surface area contributed by atoms with Gasteiger partial charge in [0.15, 0.2) is 11.5 Å². The number of para-hydroxylation sites is 1. The van der Waals surface area contributed by atoms with Crippen molar-refractivity contribution in [3.63, 3.8) is 0 Å². The Labute approximate surface area is 161 Å². The number of hydrogen-bond acceptors (Lipinski definition) is 7. The number of nitrogens with zero attached hydrogens (tertiary/aromatic N) is 2. The number of oxime groups is 1. The van der Waals surface area contributed by atoms with Crippen molar-refractivity contribution < 1.29 is 17.5 Å². The highest BCUT2D eigenvalue weighted by atomic mass is 32.2. The van der Waals surface area contributed by atoms with Crippen LogP contribution in [-0.2, 0) is 19.2 Å². The van der Waals surface area contributed by atoms with E-state index in [1.165, 1.54) is 23.5 Å². The Balaban J connectivity index is 2.00. The zero-order valence-corrected chi connectivity index (χ0v) is 16.7. The van der Waals surface area contributed by atoms with Crippen LogP contribution < -0.4 is 0 Å². The average Bonchev–Trinajstić information content (AvgIpc) is 3.05. The fourth-order valence-electron chi connectivity index (χ4n) is 2.27. The largest absolute Gasteiger partial charge is 0.358 e. The van der Waals surface area contributed by atoms with Crippen LogP contribution in [-0.4, -0.2) is 24.9 Å². The molecular weight excluding hydrogens is 384 g/mol. The summed E-state index contributed by atoms with van der Waals surface area (Å²) in [6, 6.07) is 13.6. The summed E-state index contributed by atoms with van der Waals surface area (Å²) in [4.78, 5) is 16.9. The quantitative estimate of drug-likeness (QED) is 0.460. The van der Waals surface area contributed by atoms with Crippen molar-refractivity contribution in [2.75, 3.05) is 0 Å². The van der Waals surface area contributed by atoms with Gasteiger partial charge in [0.2, 0.25) is 0 Å². The smallest absolute Gasteiger partial charge is 0.292 e. The van der Waals surface area contributed by atoms with Crippen molar-refractivity contribution in [1.29, 1.82) is 0 Å². The highest BCUT2D eigenvalue weighted by Crippen LogP contribution is 2.24. The predicted molar refractivity (Wildman–Crippen MR) is 105 cm³/mol. The van der Waals surface area contributed by atoms with Crippen LogP contribution in [0.2, 0.25) is 0 Å². The maximum Gasteiger partial charge on any atom is 0.358 e. The fraction of sp³-hybridized carbons (Fsp3) is 0.211. The molecule has 6 nitrogen and oxygen atoms in total. The van der Waals surface area contributed by atoms with E-state index >= 15 is 0 Å². The van der Waals surface area contributed by atoms with Gasteiger partial charge in [-0.05, 0) is 31.2 Å². The number of hydrogen-bond donors (Lipinski definition) is 0. The molecule has 0 aliphatic heterocycles. The SMILES string of the molecule is Cc1ccc(S(=O)(=O)ON=C(C(=O)C(C)C)c2nc3ccccc3s2)cc1. The third-order valence-corrected chi connectivity index (χ3v) is 5.95. The molecule has 0 N–H and O–H groups in total. The highest BCUT2D eigenvalue weighted by molar-refractivity contribution is 7.86. The maximum absolute atomic E-state index is 12.6. The Morgan fingerprint density at radius 2 is 1.78 bits per heavy atom. The second kappa shape index (κ2) is 7.58. The number of carbonyl (C=O) groups is 1. The van der Waals surface area contributed by atoms with E-state index in [4.69, 9.17) is 4.28 Å². The zero-order valence-electron chi connectivity index (χ0n) is 15.0. The molecule has 140 valence electrons. The van der Waals surface area contributed by atoms with Gasteiger partial charge in [0.05, 0.1) is 10.2 Å². The van der Waals surface area contributed by atoms with Crippen LogP contribution in [0.3, 0.4) is 0 Å². The zero-order chi connectivity index (χ0) is 19.6. The molecule has 0 atom stereocenters. The summed E-state index contributed by atoms with van der Waals surface area (Å²) in [5, 5.41) is 4.04. The van der Waals surface area contributed by atoms with Gasteiger partial charge < -0.3 is 0 Å². The van der Waals surface area contributed by atoms with Crippen molar-refractivity contribution in [1.82, 2.24) is 4.98 Å². The van der Waals surface area contributed by atoms with Crippen molar-refractivity contribution in [2.45, 2.75) is 25.7 Å². The number of aryl methyl sites for hydroxylation is 1. The van der Waals surface area contributed by atoms with Gasteiger partial charge in [0.1, 0.15) is 9.90 Å². The molecule has 0 amide bonds. The first-order valence-corrected chi connectivity index (χ1v) is 10.5. The molecule has 0 radical (unpaired) electrons. The molecule has 3 aromatic rings. The molecule has 1 aromatic heterocycles. The maximum atomic E-state index is 12.6. The summed E-state index contributed by atoms with van der Waals surface area (Å²) in [5.41, 5.74) is 1.53. The van der Waals surface area contributed by atoms with E-state index in [-0.39, 0.29) is 22.3 Å². The van der Waals surface area contributed by atoms with Crippen molar-refractivity contribution in [2.24, 2.45) is 11.1 Å². The van der Waals surface area contributed by atoms with E-state index in [1.54, 1.807) is 26.0 Å². The van der Waals surface area contributed by atoms with E-state index in [0.29, 0.717) is 10.5 Å². The summed E-state index contributed by atoms with van der Waals surface area (Å²) in [5.74, 6) is -0.727. The van der Waals surface area contributed by atoms with Crippen LogP contribution in [0.5, 0.6) is 0 Å². The lowest BCUT2D eigenvalue weighted by atomic mass is 10.1. The molecule has 0 aliphatic carbocycles. The molecule has 0 saturated heterocycles. The van der Waals surface area contributed by atoms with Gasteiger partial charge in [0, 0.05) is 5.92 Å². The third-order valence-electron chi connectivity index (χ3n) is 3.79. The lowest BCUT2D eigenvalue weighted by molar-refractivity contribution is -0.115. The fourth-order valence-corrected chi connectivity index (χ4v) is 3.95. The van der Waals surface area contributed by atoms with Crippen LogP contribution in [0.1, 0.15) is 24.4 Å². The molecule has 0 fully saturated rings. The number of ketones is 1. The summed E-state index contributed by atoms with van der Waals surface area (Å²) >= 11 is 1.26. The summed E-state index contributed by atoms with van der Waals surface area (Å²) < 4.78 is 30.5. The molecule has 0 unspecified atom stereocenters. The van der Waals surface area contributed by atoms with Gasteiger partial charge in [-0.3, -0.25) is 9.08 Å². The summed E-state index contributed by atoms with van der Waals surface area (Å²) in [6.45, 7) is 5.27. The van der Waals surface area contributed by atoms with E-state index in [2.05, 4.69) is 10.1 Å². The first kappa shape index (κ1) is 19.2. The summed E-state index contributed by atoms with van der Waals surface area (Å²) in [6.07, 6.45) is 0. The molecule has 27 heavy (non-hydrogen) atoms. The second-order valence-corrected chi connectivity index (χ2v) is 8.85. The van der Waals surface area contributed by atoms with Gasteiger partial charge in [-0.2, -0.15) is 8.42 Å². The number of rotatable bonds is 6. The molecule has 8 heteroatoms. The predicted octanol–water partition coefficient (Wildman–Crippen LogP) is 3.94. The van der Waals surface area contributed by atoms with Crippen molar-refractivity contribution in [3.8, 4) is 0 Å². The molecule has 3 rings (SSSR count). The Morgan fingerprint density at radius 1 is 1.11 bits per heavy atom. The molecule has 0 aliphatic rings. The molecule has 1 heterocycles. The minimum absolute atomic E-state index is 0.0301. The molecular formula is C19H18N2O4S2. The van der Waals surface area contributed by atoms with Crippen LogP contribution in [0.25, 0.3) is 10.2 Å². The Morgan fingerprint density at radius 3 is 2.41 bits per heavy atom. The topological polar surface area (TPSA) is 85.7 Å². The van der Waals surface area contributed by atoms with E-state index in [0.717, 1.165) is 10.3 Å². The number of carbonyl (C=O) groups excluding carboxylic acids is 1. The molecule has 0 bridgehead atoms. The van der Waals surface area contributed by atoms with Crippen LogP contribution in [0, 0.1) is 12.8 Å². The van der Waals surface area contributed by atoms with E-state index in [1.807, 2.05) is 31.2 Å². The van der Waals surface area contributed by atoms with E-state index in [9.17, 15) is 13.2 Å². The standard InChI is InChI=1S/C19H18N2O4S2/c1-12(2)18(22)17(19-20-15-6-4-5-7-16(15)26-19)21-25-27(23,24)14-10-8-13(3)9-11-14/h4-12H,1-3H3. The summed E-state index contributed by atoms with van der Waals surface area (Å²) in [7, 11) is -4.13. The first-order chi connectivity index (χ1) is 12.8. The number of fused-ring (bicyclic) bond motifs is 1. The monoisotopic (exact) mass is 402 g/mol. The molecule has 0 spiro atoms. The molecule has 2 aromatic carbocycles. The lowest BCUT2D eigenvalue weighted by Crippen LogP contribution is -2.22. The Bertz CT molecular complexity index is 1080. The van der Waals surface area contributed by atoms with Gasteiger partial charge in [0.25, 0.3) is 0 Å². The van der Waals surface area contributed by atoms with Gasteiger partial charge in [-0.15, -0.1) is 11.3 Å². The Kier molecular flexibility index (Phi) is 5.38. The molecule has 0 saturated carbocycles. The van der Waals surface area contributed by atoms with Gasteiger partial charge in [-0.25, -0.2) is 4.98 Å². The van der Waals surface area contributed by atoms with Crippen LogP contribution >= 0.6 is 11.3 Å². The first-order valence-electron chi connectivity index (χ1n) is 8.26. The van der Waals surface area contributed by atoms with Crippen molar-refractivity contribution in [3.05, 3.63) is 59.1 Å². The van der Waals surface area contributed by atoms with Gasteiger partial charge in [-0.1, -0.05) is 48.8 Å². The number of aromatic nitrogens is 1. The van der Waals surface area contributed by atoms with Crippen LogP contribution in [0.4, 0.5) is 0 Å². The minimum atomic E-state index is -4.13. The highest BCUT2D eigenvalue weighted by Gasteiger charge is 2.24. The lowest BCUT2D eigenvalue weighted by Gasteiger charge is -2.06. The number of benzene rings is 2. The number of thiazole rings is 1. The van der Waals surface area contributed by atoms with Crippen molar-refractivity contribution >= 4 is 43.2 Å². The Hall–Kier alpha value is -2.58. The van der Waals surface area contributed by atoms with Gasteiger partial charge >= 0.3 is 10.1 Å². The number of Topliss-reactive ketones (excluding diaryl/α,β-unsaturated/α-hetero) is 1. The third kappa shape index (κ3) is 4.23. The normalized spacial score (nSPS) is 12.5. The van der Waals surface area contributed by atoms with Crippen LogP contribution in [0.15, 0.2) is 58.6 Å².